The topological polar surface area (TPSA) is 152 Å². The third-order valence-electron chi connectivity index (χ3n) is 6.29. The molecule has 204 valence electrons. The van der Waals surface area contributed by atoms with E-state index in [0.29, 0.717) is 28.8 Å². The zero-order valence-electron chi connectivity index (χ0n) is 21.0. The molecular weight excluding hydrogens is 536 g/mol. The van der Waals surface area contributed by atoms with E-state index in [-0.39, 0.29) is 47.0 Å². The molecule has 5 rings (SSSR count). The van der Waals surface area contributed by atoms with Gasteiger partial charge in [0.15, 0.2) is 5.82 Å². The number of benzene rings is 1. The van der Waals surface area contributed by atoms with E-state index in [1.807, 2.05) is 6.92 Å². The fourth-order valence-corrected chi connectivity index (χ4v) is 4.89. The molecular formula is C24H23F2N7O5S. The lowest BCUT2D eigenvalue weighted by molar-refractivity contribution is 0.0695. The molecule has 0 spiro atoms. The molecule has 0 fully saturated rings. The van der Waals surface area contributed by atoms with Crippen molar-refractivity contribution < 1.29 is 31.8 Å². The average Bonchev–Trinajstić information content (AvgIpc) is 3.44. The van der Waals surface area contributed by atoms with Gasteiger partial charge < -0.3 is 19.7 Å². The molecule has 39 heavy (non-hydrogen) atoms. The van der Waals surface area contributed by atoms with Crippen molar-refractivity contribution in [2.24, 2.45) is 0 Å². The van der Waals surface area contributed by atoms with E-state index < -0.39 is 22.4 Å². The Kier molecular flexibility index (Phi) is 6.54. The minimum Gasteiger partial charge on any atom is -0.488 e. The largest absolute Gasteiger partial charge is 0.488 e. The first-order chi connectivity index (χ1) is 18.4. The zero-order valence-corrected chi connectivity index (χ0v) is 21.8. The van der Waals surface area contributed by atoms with Crippen molar-refractivity contribution in [3.05, 3.63) is 59.3 Å². The first-order valence-electron chi connectivity index (χ1n) is 11.6. The average molecular weight is 560 g/mol. The van der Waals surface area contributed by atoms with Crippen molar-refractivity contribution >= 4 is 44.5 Å². The van der Waals surface area contributed by atoms with Crippen LogP contribution in [0.3, 0.4) is 0 Å². The zero-order chi connectivity index (χ0) is 28.1. The highest BCUT2D eigenvalue weighted by Crippen LogP contribution is 2.40. The molecule has 0 aliphatic carbocycles. The van der Waals surface area contributed by atoms with E-state index in [2.05, 4.69) is 25.3 Å². The summed E-state index contributed by atoms with van der Waals surface area (Å²) in [4.78, 5) is 28.6. The van der Waals surface area contributed by atoms with E-state index >= 15 is 0 Å². The second kappa shape index (κ2) is 9.72. The summed E-state index contributed by atoms with van der Waals surface area (Å²) in [6.07, 6.45) is 2.33. The molecule has 0 amide bonds. The minimum atomic E-state index is -3.70. The van der Waals surface area contributed by atoms with Crippen molar-refractivity contribution in [2.45, 2.75) is 32.4 Å². The molecule has 1 aromatic carbocycles. The molecule has 1 unspecified atom stereocenters. The van der Waals surface area contributed by atoms with Gasteiger partial charge in [0.2, 0.25) is 16.0 Å². The molecule has 3 aromatic heterocycles. The molecule has 0 saturated carbocycles. The molecule has 0 bridgehead atoms. The van der Waals surface area contributed by atoms with Crippen LogP contribution in [0.1, 0.15) is 40.7 Å². The van der Waals surface area contributed by atoms with Crippen LogP contribution in [0.25, 0.3) is 11.0 Å². The van der Waals surface area contributed by atoms with Gasteiger partial charge in [-0.2, -0.15) is 4.98 Å². The number of carboxylic acids is 1. The number of fused-ring (bicyclic) bond motifs is 2. The molecule has 1 aliphatic heterocycles. The first kappa shape index (κ1) is 26.2. The molecule has 1 atom stereocenters. The number of ether oxygens (including phenoxy) is 1. The number of nitrogens with zero attached hydrogens (tertiary/aromatic N) is 6. The molecule has 4 heterocycles. The van der Waals surface area contributed by atoms with Crippen LogP contribution in [0.5, 0.6) is 5.75 Å². The lowest BCUT2D eigenvalue weighted by atomic mass is 10.0. The van der Waals surface area contributed by atoms with Crippen molar-refractivity contribution in [2.75, 3.05) is 22.9 Å². The van der Waals surface area contributed by atoms with Crippen LogP contribution in [0, 0.1) is 0 Å². The number of halogens is 2. The van der Waals surface area contributed by atoms with Gasteiger partial charge in [0.05, 0.1) is 29.7 Å². The van der Waals surface area contributed by atoms with Crippen molar-refractivity contribution in [1.82, 2.24) is 24.5 Å². The first-order valence-corrected chi connectivity index (χ1v) is 13.5. The van der Waals surface area contributed by atoms with Gasteiger partial charge >= 0.3 is 5.97 Å². The maximum absolute atomic E-state index is 14.1. The van der Waals surface area contributed by atoms with Crippen LogP contribution >= 0.6 is 0 Å². The molecule has 4 aromatic rings. The van der Waals surface area contributed by atoms with Crippen LogP contribution in [0.15, 0.2) is 36.8 Å². The predicted molar refractivity (Wildman–Crippen MR) is 137 cm³/mol. The number of carbonyl (C=O) groups is 1. The SMILES string of the molecule is CC1Cc2c(C(=O)O)ccc(Nc3ncc4cc(C(F)F)n(Cc5nccnc5N(C)S(C)(=O)=O)c4n3)c2O1. The van der Waals surface area contributed by atoms with E-state index in [1.54, 1.807) is 0 Å². The van der Waals surface area contributed by atoms with Gasteiger partial charge in [-0.25, -0.2) is 32.0 Å². The summed E-state index contributed by atoms with van der Waals surface area (Å²) in [6, 6.07) is 4.24. The van der Waals surface area contributed by atoms with E-state index in [4.69, 9.17) is 4.74 Å². The van der Waals surface area contributed by atoms with Gasteiger partial charge in [-0.3, -0.25) is 9.29 Å². The van der Waals surface area contributed by atoms with Gasteiger partial charge in [0.1, 0.15) is 23.2 Å². The summed E-state index contributed by atoms with van der Waals surface area (Å²) in [6.45, 7) is 1.57. The van der Waals surface area contributed by atoms with E-state index in [0.717, 1.165) is 10.6 Å². The molecule has 2 N–H and O–H groups in total. The third kappa shape index (κ3) is 4.92. The number of hydrogen-bond donors (Lipinski definition) is 2. The fourth-order valence-electron chi connectivity index (χ4n) is 4.42. The van der Waals surface area contributed by atoms with Gasteiger partial charge in [-0.05, 0) is 25.1 Å². The highest BCUT2D eigenvalue weighted by Gasteiger charge is 2.28. The molecule has 0 radical (unpaired) electrons. The monoisotopic (exact) mass is 559 g/mol. The standard InChI is InChI=1S/C24H23F2N7O5S/c1-12-8-15-14(23(34)35)4-5-16(19(15)38-12)30-24-29-10-13-9-18(20(25)26)33(21(13)31-24)11-17-22(28-7-6-27-17)32(2)39(3,36)37/h4-7,9-10,12,20H,8,11H2,1-3H3,(H,34,35)(H,29,30,31). The number of nitrogens with one attached hydrogen (secondary N) is 1. The lowest BCUT2D eigenvalue weighted by Gasteiger charge is -2.19. The number of carboxylic acid groups (broad SMARTS) is 1. The van der Waals surface area contributed by atoms with Gasteiger partial charge in [0, 0.05) is 43.0 Å². The molecule has 12 nitrogen and oxygen atoms in total. The Hall–Kier alpha value is -4.40. The second-order valence-corrected chi connectivity index (χ2v) is 11.0. The third-order valence-corrected chi connectivity index (χ3v) is 7.46. The number of anilines is 3. The number of sulfonamides is 1. The van der Waals surface area contributed by atoms with E-state index in [1.165, 1.54) is 48.4 Å². The number of alkyl halides is 2. The second-order valence-electron chi connectivity index (χ2n) is 9.02. The van der Waals surface area contributed by atoms with Gasteiger partial charge in [0.25, 0.3) is 6.43 Å². The summed E-state index contributed by atoms with van der Waals surface area (Å²) >= 11 is 0. The summed E-state index contributed by atoms with van der Waals surface area (Å²) in [5.41, 5.74) is 1.02. The van der Waals surface area contributed by atoms with Crippen LogP contribution in [-0.4, -0.2) is 63.4 Å². The van der Waals surface area contributed by atoms with Gasteiger partial charge in [-0.1, -0.05) is 0 Å². The summed E-state index contributed by atoms with van der Waals surface area (Å²) in [7, 11) is -2.40. The summed E-state index contributed by atoms with van der Waals surface area (Å²) < 4.78 is 60.3. The van der Waals surface area contributed by atoms with Crippen LogP contribution in [0.4, 0.5) is 26.2 Å². The van der Waals surface area contributed by atoms with Crippen molar-refractivity contribution in [3.8, 4) is 5.75 Å². The number of aromatic carboxylic acids is 1. The highest BCUT2D eigenvalue weighted by molar-refractivity contribution is 7.92. The summed E-state index contributed by atoms with van der Waals surface area (Å²) in [5, 5.41) is 12.9. The Balaban J connectivity index is 1.57. The molecule has 15 heteroatoms. The van der Waals surface area contributed by atoms with Crippen molar-refractivity contribution in [3.63, 3.8) is 0 Å². The normalized spacial score (nSPS) is 14.9. The van der Waals surface area contributed by atoms with Crippen LogP contribution in [-0.2, 0) is 23.0 Å². The van der Waals surface area contributed by atoms with Crippen LogP contribution in [0.2, 0.25) is 0 Å². The Morgan fingerprint density at radius 1 is 1.28 bits per heavy atom. The number of rotatable bonds is 8. The maximum atomic E-state index is 14.1. The molecule has 0 saturated heterocycles. The van der Waals surface area contributed by atoms with Crippen LogP contribution < -0.4 is 14.4 Å². The minimum absolute atomic E-state index is 0.00479. The maximum Gasteiger partial charge on any atom is 0.336 e. The van der Waals surface area contributed by atoms with Gasteiger partial charge in [-0.15, -0.1) is 0 Å². The number of hydrogen-bond acceptors (Lipinski definition) is 9. The lowest BCUT2D eigenvalue weighted by Crippen LogP contribution is -2.27. The summed E-state index contributed by atoms with van der Waals surface area (Å²) in [5.74, 6) is -0.656. The fraction of sp³-hybridized carbons (Fsp3) is 0.292. The predicted octanol–water partition coefficient (Wildman–Crippen LogP) is 3.37. The Morgan fingerprint density at radius 2 is 2.03 bits per heavy atom. The van der Waals surface area contributed by atoms with E-state index in [9.17, 15) is 27.1 Å². The molecule has 1 aliphatic rings. The Labute approximate surface area is 221 Å². The Bertz CT molecular complexity index is 1710. The highest BCUT2D eigenvalue weighted by atomic mass is 32.2. The quantitative estimate of drug-likeness (QED) is 0.329. The van der Waals surface area contributed by atoms with Crippen molar-refractivity contribution in [1.29, 1.82) is 0 Å². The Morgan fingerprint density at radius 3 is 2.72 bits per heavy atom. The smallest absolute Gasteiger partial charge is 0.336 e. The number of aromatic nitrogens is 5.